The average Bonchev–Trinajstić information content (AvgIpc) is 2.83. The van der Waals surface area contributed by atoms with Crippen LogP contribution in [0.3, 0.4) is 0 Å². The van der Waals surface area contributed by atoms with E-state index in [2.05, 4.69) is 5.10 Å². The number of hydrazone groups is 1. The highest BCUT2D eigenvalue weighted by molar-refractivity contribution is 6.21. The average molecular weight is 378 g/mol. The minimum atomic E-state index is -0.428. The van der Waals surface area contributed by atoms with Crippen molar-refractivity contribution in [3.8, 4) is 5.75 Å². The lowest BCUT2D eigenvalue weighted by Crippen LogP contribution is -2.24. The van der Waals surface area contributed by atoms with Crippen molar-refractivity contribution in [1.29, 1.82) is 0 Å². The Balaban J connectivity index is 2.04. The van der Waals surface area contributed by atoms with Crippen molar-refractivity contribution >= 4 is 18.0 Å². The van der Waals surface area contributed by atoms with Gasteiger partial charge in [0.2, 0.25) is 0 Å². The maximum atomic E-state index is 12.5. The molecule has 0 spiro atoms. The van der Waals surface area contributed by atoms with Gasteiger partial charge in [0.05, 0.1) is 17.3 Å². The highest BCUT2D eigenvalue weighted by Gasteiger charge is 2.35. The zero-order chi connectivity index (χ0) is 20.9. The summed E-state index contributed by atoms with van der Waals surface area (Å²) in [6.07, 6.45) is 1.51. The van der Waals surface area contributed by atoms with Crippen LogP contribution in [0.5, 0.6) is 5.75 Å². The van der Waals surface area contributed by atoms with E-state index in [-0.39, 0.29) is 16.6 Å². The summed E-state index contributed by atoms with van der Waals surface area (Å²) in [5, 5.41) is 15.9. The van der Waals surface area contributed by atoms with Gasteiger partial charge in [0.25, 0.3) is 11.8 Å². The molecule has 0 saturated heterocycles. The van der Waals surface area contributed by atoms with E-state index >= 15 is 0 Å². The smallest absolute Gasteiger partial charge is 0.282 e. The number of carbonyl (C=O) groups excluding carboxylic acids is 2. The molecule has 2 amide bonds. The van der Waals surface area contributed by atoms with Crippen LogP contribution in [-0.4, -0.2) is 28.1 Å². The molecule has 0 saturated carbocycles. The van der Waals surface area contributed by atoms with Gasteiger partial charge in [-0.25, -0.2) is 0 Å². The van der Waals surface area contributed by atoms with Crippen LogP contribution >= 0.6 is 0 Å². The monoisotopic (exact) mass is 378 g/mol. The van der Waals surface area contributed by atoms with E-state index in [1.807, 2.05) is 53.7 Å². The van der Waals surface area contributed by atoms with E-state index in [9.17, 15) is 14.7 Å². The molecule has 5 heteroatoms. The Morgan fingerprint density at radius 3 is 1.68 bits per heavy atom. The van der Waals surface area contributed by atoms with Crippen molar-refractivity contribution < 1.29 is 14.7 Å². The first-order valence-electron chi connectivity index (χ1n) is 9.31. The fourth-order valence-electron chi connectivity index (χ4n) is 3.28. The molecule has 0 unspecified atom stereocenters. The quantitative estimate of drug-likeness (QED) is 0.612. The number of carbonyl (C=O) groups is 2. The van der Waals surface area contributed by atoms with Crippen LogP contribution in [-0.2, 0) is 10.8 Å². The summed E-state index contributed by atoms with van der Waals surface area (Å²) in [5.41, 5.74) is 2.49. The maximum Gasteiger partial charge on any atom is 0.282 e. The maximum absolute atomic E-state index is 12.5. The van der Waals surface area contributed by atoms with E-state index in [0.717, 1.165) is 21.7 Å². The van der Waals surface area contributed by atoms with E-state index in [0.29, 0.717) is 11.1 Å². The fraction of sp³-hybridized carbons (Fsp3) is 0.348. The standard InChI is InChI=1S/C23H26N2O3/c1-22(2,3)17-11-14(12-18(19(17)26)23(4,5)6)13-24-25-20(27)15-9-7-8-10-16(15)21(25)28/h7-13,26H,1-6H3/b24-13+. The third-order valence-electron chi connectivity index (χ3n) is 4.84. The van der Waals surface area contributed by atoms with E-state index < -0.39 is 11.8 Å². The number of phenolic OH excluding ortho intramolecular Hbond substituents is 1. The molecule has 1 aliphatic rings. The Morgan fingerprint density at radius 1 is 0.857 bits per heavy atom. The molecule has 1 aliphatic heterocycles. The number of hydrogen-bond acceptors (Lipinski definition) is 4. The summed E-state index contributed by atoms with van der Waals surface area (Å²) in [5.74, 6) is -0.580. The Kier molecular flexibility index (Phi) is 4.66. The molecule has 2 aromatic carbocycles. The second kappa shape index (κ2) is 6.59. The second-order valence-electron chi connectivity index (χ2n) is 9.18. The highest BCUT2D eigenvalue weighted by Crippen LogP contribution is 2.39. The van der Waals surface area contributed by atoms with Crippen molar-refractivity contribution in [3.05, 3.63) is 64.2 Å². The van der Waals surface area contributed by atoms with E-state index in [4.69, 9.17) is 0 Å². The van der Waals surface area contributed by atoms with E-state index in [1.165, 1.54) is 6.21 Å². The summed E-state index contributed by atoms with van der Waals surface area (Å²) in [6, 6.07) is 10.4. The number of fused-ring (bicyclic) bond motifs is 1. The van der Waals surface area contributed by atoms with Crippen LogP contribution in [0.2, 0.25) is 0 Å². The molecule has 3 rings (SSSR count). The number of hydrogen-bond donors (Lipinski definition) is 1. The number of nitrogens with zero attached hydrogens (tertiary/aromatic N) is 2. The molecule has 2 aromatic rings. The van der Waals surface area contributed by atoms with Crippen LogP contribution < -0.4 is 0 Å². The van der Waals surface area contributed by atoms with Gasteiger partial charge in [0, 0.05) is 11.1 Å². The highest BCUT2D eigenvalue weighted by atomic mass is 16.3. The minimum Gasteiger partial charge on any atom is -0.507 e. The van der Waals surface area contributed by atoms with Crippen LogP contribution in [0.25, 0.3) is 0 Å². The van der Waals surface area contributed by atoms with Gasteiger partial charge in [-0.1, -0.05) is 53.7 Å². The van der Waals surface area contributed by atoms with Gasteiger partial charge in [0.15, 0.2) is 0 Å². The molecular formula is C23H26N2O3. The lowest BCUT2D eigenvalue weighted by atomic mass is 9.78. The van der Waals surface area contributed by atoms with Gasteiger partial charge in [-0.2, -0.15) is 10.1 Å². The third-order valence-corrected chi connectivity index (χ3v) is 4.84. The van der Waals surface area contributed by atoms with Gasteiger partial charge in [-0.15, -0.1) is 0 Å². The van der Waals surface area contributed by atoms with Gasteiger partial charge in [-0.05, 0) is 40.7 Å². The number of benzene rings is 2. The Morgan fingerprint density at radius 2 is 1.29 bits per heavy atom. The molecule has 0 fully saturated rings. The molecule has 1 heterocycles. The van der Waals surface area contributed by atoms with Gasteiger partial charge in [-0.3, -0.25) is 9.59 Å². The molecule has 0 radical (unpaired) electrons. The van der Waals surface area contributed by atoms with Crippen LogP contribution in [0.4, 0.5) is 0 Å². The fourth-order valence-corrected chi connectivity index (χ4v) is 3.28. The first kappa shape index (κ1) is 19.8. The van der Waals surface area contributed by atoms with Crippen LogP contribution in [0, 0.1) is 0 Å². The van der Waals surface area contributed by atoms with Gasteiger partial charge >= 0.3 is 0 Å². The van der Waals surface area contributed by atoms with E-state index in [1.54, 1.807) is 24.3 Å². The SMILES string of the molecule is CC(C)(C)c1cc(/C=N/N2C(=O)c3ccccc3C2=O)cc(C(C)(C)C)c1O. The molecule has 28 heavy (non-hydrogen) atoms. The molecule has 146 valence electrons. The number of aromatic hydroxyl groups is 1. The summed E-state index contributed by atoms with van der Waals surface area (Å²) < 4.78 is 0. The lowest BCUT2D eigenvalue weighted by molar-refractivity contribution is 0.0660. The second-order valence-corrected chi connectivity index (χ2v) is 9.18. The zero-order valence-corrected chi connectivity index (χ0v) is 17.2. The van der Waals surface area contributed by atoms with Gasteiger partial charge in [0.1, 0.15) is 5.75 Å². The molecule has 0 aromatic heterocycles. The van der Waals surface area contributed by atoms with Crippen molar-refractivity contribution in [2.24, 2.45) is 5.10 Å². The Bertz CT molecular complexity index is 922. The molecule has 5 nitrogen and oxygen atoms in total. The van der Waals surface area contributed by atoms with Crippen molar-refractivity contribution in [1.82, 2.24) is 5.01 Å². The Hall–Kier alpha value is -2.95. The lowest BCUT2D eigenvalue weighted by Gasteiger charge is -2.27. The first-order chi connectivity index (χ1) is 12.9. The zero-order valence-electron chi connectivity index (χ0n) is 17.2. The number of amides is 2. The minimum absolute atomic E-state index is 0.274. The first-order valence-corrected chi connectivity index (χ1v) is 9.31. The summed E-state index contributed by atoms with van der Waals surface area (Å²) >= 11 is 0. The normalized spacial score (nSPS) is 14.9. The summed E-state index contributed by atoms with van der Waals surface area (Å²) in [6.45, 7) is 12.2. The number of phenols is 1. The third kappa shape index (κ3) is 3.44. The van der Waals surface area contributed by atoms with Crippen LogP contribution in [0.15, 0.2) is 41.5 Å². The van der Waals surface area contributed by atoms with Crippen molar-refractivity contribution in [2.75, 3.05) is 0 Å². The molecule has 1 N–H and O–H groups in total. The van der Waals surface area contributed by atoms with Crippen molar-refractivity contribution in [2.45, 2.75) is 52.4 Å². The molecule has 0 bridgehead atoms. The van der Waals surface area contributed by atoms with Gasteiger partial charge < -0.3 is 5.11 Å². The molecule has 0 aliphatic carbocycles. The largest absolute Gasteiger partial charge is 0.507 e. The predicted octanol–water partition coefficient (Wildman–Crippen LogP) is 4.62. The predicted molar refractivity (Wildman–Crippen MR) is 110 cm³/mol. The number of imide groups is 1. The Labute approximate surface area is 165 Å². The topological polar surface area (TPSA) is 70.0 Å². The molecule has 0 atom stereocenters. The van der Waals surface area contributed by atoms with Crippen molar-refractivity contribution in [3.63, 3.8) is 0 Å². The van der Waals surface area contributed by atoms with Crippen LogP contribution in [0.1, 0.15) is 78.9 Å². The number of rotatable bonds is 2. The summed E-state index contributed by atoms with van der Waals surface area (Å²) in [4.78, 5) is 25.0. The molecular weight excluding hydrogens is 352 g/mol. The summed E-state index contributed by atoms with van der Waals surface area (Å²) in [7, 11) is 0.